The van der Waals surface area contributed by atoms with Crippen LogP contribution in [0.3, 0.4) is 0 Å². The summed E-state index contributed by atoms with van der Waals surface area (Å²) in [6, 6.07) is 4.98. The summed E-state index contributed by atoms with van der Waals surface area (Å²) in [5.74, 6) is 6.17. The first-order chi connectivity index (χ1) is 12.9. The first-order valence-corrected chi connectivity index (χ1v) is 9.35. The van der Waals surface area contributed by atoms with E-state index in [2.05, 4.69) is 32.5 Å². The quantitative estimate of drug-likeness (QED) is 0.463. The van der Waals surface area contributed by atoms with Crippen molar-refractivity contribution in [1.29, 1.82) is 0 Å². The Labute approximate surface area is 160 Å². The van der Waals surface area contributed by atoms with E-state index in [1.165, 1.54) is 6.07 Å². The number of aryl methyl sites for hydroxylation is 1. The third kappa shape index (κ3) is 7.31. The van der Waals surface area contributed by atoms with Crippen molar-refractivity contribution in [2.24, 2.45) is 4.99 Å². The number of rotatable bonds is 5. The largest absolute Gasteiger partial charge is 0.416 e. The number of benzene rings is 1. The van der Waals surface area contributed by atoms with E-state index in [0.717, 1.165) is 29.3 Å². The van der Waals surface area contributed by atoms with E-state index in [1.807, 2.05) is 19.2 Å². The lowest BCUT2D eigenvalue weighted by Gasteiger charge is -2.08. The van der Waals surface area contributed by atoms with Crippen LogP contribution in [0.2, 0.25) is 0 Å². The zero-order valence-corrected chi connectivity index (χ0v) is 16.0. The molecule has 0 fully saturated rings. The predicted octanol–water partition coefficient (Wildman–Crippen LogP) is 3.62. The van der Waals surface area contributed by atoms with Crippen LogP contribution in [0.4, 0.5) is 13.2 Å². The van der Waals surface area contributed by atoms with Gasteiger partial charge in [0.15, 0.2) is 5.96 Å². The number of aromatic nitrogens is 1. The minimum absolute atomic E-state index is 0.276. The van der Waals surface area contributed by atoms with Gasteiger partial charge in [-0.3, -0.25) is 4.99 Å². The molecule has 0 atom stereocenters. The summed E-state index contributed by atoms with van der Waals surface area (Å²) in [6.07, 6.45) is -3.62. The average molecular weight is 394 g/mol. The predicted molar refractivity (Wildman–Crippen MR) is 103 cm³/mol. The maximum absolute atomic E-state index is 12.7. The van der Waals surface area contributed by atoms with E-state index in [4.69, 9.17) is 0 Å². The van der Waals surface area contributed by atoms with E-state index in [-0.39, 0.29) is 6.54 Å². The number of nitrogens with one attached hydrogen (secondary N) is 2. The lowest BCUT2D eigenvalue weighted by Crippen LogP contribution is -2.37. The van der Waals surface area contributed by atoms with Gasteiger partial charge < -0.3 is 10.6 Å². The average Bonchev–Trinajstić information content (AvgIpc) is 3.03. The van der Waals surface area contributed by atoms with E-state index >= 15 is 0 Å². The lowest BCUT2D eigenvalue weighted by atomic mass is 10.1. The van der Waals surface area contributed by atoms with Crippen LogP contribution < -0.4 is 10.6 Å². The van der Waals surface area contributed by atoms with Crippen molar-refractivity contribution < 1.29 is 13.2 Å². The summed E-state index contributed by atoms with van der Waals surface area (Å²) < 4.78 is 38.1. The highest BCUT2D eigenvalue weighted by Crippen LogP contribution is 2.29. The molecule has 0 saturated carbocycles. The zero-order chi connectivity index (χ0) is 19.7. The summed E-state index contributed by atoms with van der Waals surface area (Å²) in [4.78, 5) is 8.84. The zero-order valence-electron chi connectivity index (χ0n) is 15.2. The summed E-state index contributed by atoms with van der Waals surface area (Å²) >= 11 is 1.61. The van der Waals surface area contributed by atoms with Crippen molar-refractivity contribution in [2.75, 3.05) is 19.6 Å². The maximum atomic E-state index is 12.7. The molecule has 27 heavy (non-hydrogen) atoms. The van der Waals surface area contributed by atoms with Gasteiger partial charge in [-0.05, 0) is 32.0 Å². The van der Waals surface area contributed by atoms with Crippen molar-refractivity contribution in [3.63, 3.8) is 0 Å². The Hall–Kier alpha value is -2.53. The fourth-order valence-corrected chi connectivity index (χ4v) is 2.84. The molecule has 0 unspecified atom stereocenters. The third-order valence-electron chi connectivity index (χ3n) is 3.42. The second-order valence-corrected chi connectivity index (χ2v) is 6.66. The number of halogens is 3. The molecule has 0 aliphatic rings. The number of thiazole rings is 1. The molecule has 1 aromatic heterocycles. The summed E-state index contributed by atoms with van der Waals surface area (Å²) in [5, 5.41) is 9.21. The third-order valence-corrected chi connectivity index (χ3v) is 4.24. The molecule has 144 valence electrons. The number of aliphatic imine (C=N–C) groups is 1. The van der Waals surface area contributed by atoms with Gasteiger partial charge in [0.2, 0.25) is 0 Å². The molecule has 8 heteroatoms. The van der Waals surface area contributed by atoms with Crippen molar-refractivity contribution in [1.82, 2.24) is 15.6 Å². The van der Waals surface area contributed by atoms with Crippen molar-refractivity contribution in [2.45, 2.75) is 26.4 Å². The van der Waals surface area contributed by atoms with E-state index in [9.17, 15) is 13.2 Å². The van der Waals surface area contributed by atoms with Gasteiger partial charge in [0, 0.05) is 30.5 Å². The number of hydrogen-bond donors (Lipinski definition) is 2. The first-order valence-electron chi connectivity index (χ1n) is 8.48. The van der Waals surface area contributed by atoms with E-state index in [0.29, 0.717) is 24.6 Å². The van der Waals surface area contributed by atoms with E-state index < -0.39 is 11.7 Å². The standard InChI is InChI=1S/C19H21F3N4S/c1-3-23-18(25-11-9-17-13-27-14(2)26-17)24-10-5-7-15-6-4-8-16(12-15)19(20,21)22/h4,6,8,12-13H,3,9-11H2,1-2H3,(H2,23,24,25). The highest BCUT2D eigenvalue weighted by Gasteiger charge is 2.30. The second kappa shape index (κ2) is 9.97. The molecule has 2 aromatic rings. The topological polar surface area (TPSA) is 49.3 Å². The van der Waals surface area contributed by atoms with Gasteiger partial charge >= 0.3 is 6.18 Å². The molecule has 0 bridgehead atoms. The summed E-state index contributed by atoms with van der Waals surface area (Å²) in [6.45, 7) is 5.47. The Balaban J connectivity index is 1.89. The highest BCUT2D eigenvalue weighted by atomic mass is 32.1. The molecule has 1 aromatic carbocycles. The Morgan fingerprint density at radius 3 is 2.78 bits per heavy atom. The Kier molecular flexibility index (Phi) is 7.67. The van der Waals surface area contributed by atoms with Crippen molar-refractivity contribution in [3.8, 4) is 11.8 Å². The van der Waals surface area contributed by atoms with Gasteiger partial charge in [-0.1, -0.05) is 17.9 Å². The maximum Gasteiger partial charge on any atom is 0.416 e. The molecular formula is C19H21F3N4S. The van der Waals surface area contributed by atoms with Crippen LogP contribution in [0.5, 0.6) is 0 Å². The molecule has 2 rings (SSSR count). The highest BCUT2D eigenvalue weighted by molar-refractivity contribution is 7.09. The summed E-state index contributed by atoms with van der Waals surface area (Å²) in [7, 11) is 0. The molecule has 0 aliphatic carbocycles. The molecule has 0 spiro atoms. The Bertz CT molecular complexity index is 831. The van der Waals surface area contributed by atoms with Crippen molar-refractivity contribution in [3.05, 3.63) is 51.5 Å². The number of guanidine groups is 1. The number of alkyl halides is 3. The molecular weight excluding hydrogens is 373 g/mol. The van der Waals surface area contributed by atoms with E-state index in [1.54, 1.807) is 17.4 Å². The fourth-order valence-electron chi connectivity index (χ4n) is 2.19. The van der Waals surface area contributed by atoms with Crippen LogP contribution in [-0.4, -0.2) is 30.6 Å². The molecule has 0 aliphatic heterocycles. The van der Waals surface area contributed by atoms with Crippen LogP contribution in [0.15, 0.2) is 34.6 Å². The van der Waals surface area contributed by atoms with Gasteiger partial charge in [-0.15, -0.1) is 11.3 Å². The van der Waals surface area contributed by atoms with Gasteiger partial charge in [-0.25, -0.2) is 4.98 Å². The monoisotopic (exact) mass is 394 g/mol. The van der Waals surface area contributed by atoms with Crippen LogP contribution in [0.1, 0.15) is 28.8 Å². The molecule has 0 saturated heterocycles. The van der Waals surface area contributed by atoms with Crippen LogP contribution in [0, 0.1) is 18.8 Å². The fraction of sp³-hybridized carbons (Fsp3) is 0.368. The number of nitrogens with zero attached hydrogens (tertiary/aromatic N) is 2. The summed E-state index contributed by atoms with van der Waals surface area (Å²) in [5.41, 5.74) is 0.642. The van der Waals surface area contributed by atoms with Gasteiger partial charge in [0.25, 0.3) is 0 Å². The Morgan fingerprint density at radius 2 is 2.11 bits per heavy atom. The first kappa shape index (κ1) is 20.8. The van der Waals surface area contributed by atoms with Crippen molar-refractivity contribution >= 4 is 17.3 Å². The SMILES string of the molecule is CCNC(=NCCc1csc(C)n1)NCC#Cc1cccc(C(F)(F)F)c1. The second-order valence-electron chi connectivity index (χ2n) is 5.60. The van der Waals surface area contributed by atoms with Gasteiger partial charge in [0.1, 0.15) is 0 Å². The molecule has 4 nitrogen and oxygen atoms in total. The van der Waals surface area contributed by atoms with Crippen LogP contribution >= 0.6 is 11.3 Å². The minimum Gasteiger partial charge on any atom is -0.357 e. The minimum atomic E-state index is -4.36. The van der Waals surface area contributed by atoms with Gasteiger partial charge in [-0.2, -0.15) is 13.2 Å². The van der Waals surface area contributed by atoms with Gasteiger partial charge in [0.05, 0.1) is 22.8 Å². The lowest BCUT2D eigenvalue weighted by molar-refractivity contribution is -0.137. The molecule has 2 N–H and O–H groups in total. The molecule has 0 radical (unpaired) electrons. The normalized spacial score (nSPS) is 11.7. The Morgan fingerprint density at radius 1 is 1.30 bits per heavy atom. The number of hydrogen-bond acceptors (Lipinski definition) is 3. The van der Waals surface area contributed by atoms with Crippen LogP contribution in [0.25, 0.3) is 0 Å². The smallest absolute Gasteiger partial charge is 0.357 e. The molecule has 1 heterocycles. The van der Waals surface area contributed by atoms with Crippen LogP contribution in [-0.2, 0) is 12.6 Å². The molecule has 0 amide bonds.